The van der Waals surface area contributed by atoms with Crippen molar-refractivity contribution in [2.45, 2.75) is 57.0 Å². The lowest BCUT2D eigenvalue weighted by Gasteiger charge is -2.32. The molecular weight excluding hydrogens is 279 g/mol. The van der Waals surface area contributed by atoms with Crippen molar-refractivity contribution in [2.24, 2.45) is 11.8 Å². The Bertz CT molecular complexity index is 296. The van der Waals surface area contributed by atoms with E-state index < -0.39 is 23.9 Å². The van der Waals surface area contributed by atoms with Crippen LogP contribution in [-0.4, -0.2) is 24.0 Å². The van der Waals surface area contributed by atoms with Crippen LogP contribution in [-0.2, 0) is 4.79 Å². The van der Waals surface area contributed by atoms with Gasteiger partial charge in [-0.15, -0.1) is 11.6 Å². The maximum atomic E-state index is 12.9. The van der Waals surface area contributed by atoms with E-state index in [0.717, 1.165) is 6.42 Å². The summed E-state index contributed by atoms with van der Waals surface area (Å²) in [5.74, 6) is -2.88. The van der Waals surface area contributed by atoms with E-state index in [1.54, 1.807) is 0 Å². The first kappa shape index (κ1) is 16.6. The van der Waals surface area contributed by atoms with Gasteiger partial charge >= 0.3 is 6.18 Å². The molecule has 0 heterocycles. The summed E-state index contributed by atoms with van der Waals surface area (Å²) in [6.07, 6.45) is -1.27. The van der Waals surface area contributed by atoms with E-state index in [1.807, 2.05) is 6.92 Å². The predicted octanol–water partition coefficient (Wildman–Crippen LogP) is 3.88. The maximum absolute atomic E-state index is 12.9. The summed E-state index contributed by atoms with van der Waals surface area (Å²) < 4.78 is 38.6. The molecule has 1 aliphatic carbocycles. The van der Waals surface area contributed by atoms with Gasteiger partial charge < -0.3 is 5.32 Å². The minimum Gasteiger partial charge on any atom is -0.356 e. The highest BCUT2D eigenvalue weighted by Gasteiger charge is 2.47. The van der Waals surface area contributed by atoms with Crippen molar-refractivity contribution in [3.05, 3.63) is 0 Å². The Morgan fingerprint density at radius 1 is 1.37 bits per heavy atom. The molecule has 0 spiro atoms. The SMILES string of the molecule is CCC(Cl)CCNC(=O)C1CCCCC1C(F)(F)F. The Morgan fingerprint density at radius 3 is 2.58 bits per heavy atom. The molecule has 0 aliphatic heterocycles. The quantitative estimate of drug-likeness (QED) is 0.767. The fourth-order valence-corrected chi connectivity index (χ4v) is 2.63. The van der Waals surface area contributed by atoms with Gasteiger partial charge in [0.15, 0.2) is 0 Å². The molecule has 0 aromatic carbocycles. The maximum Gasteiger partial charge on any atom is 0.392 e. The number of hydrogen-bond donors (Lipinski definition) is 1. The topological polar surface area (TPSA) is 29.1 Å². The van der Waals surface area contributed by atoms with Crippen LogP contribution in [0.25, 0.3) is 0 Å². The number of carbonyl (C=O) groups is 1. The van der Waals surface area contributed by atoms with Gasteiger partial charge in [-0.1, -0.05) is 19.8 Å². The zero-order valence-electron chi connectivity index (χ0n) is 11.1. The molecule has 19 heavy (non-hydrogen) atoms. The number of carbonyl (C=O) groups excluding carboxylic acids is 1. The molecule has 112 valence electrons. The summed E-state index contributed by atoms with van der Waals surface area (Å²) in [6, 6.07) is 0. The van der Waals surface area contributed by atoms with Gasteiger partial charge in [-0.05, 0) is 25.7 Å². The van der Waals surface area contributed by atoms with Gasteiger partial charge in [-0.3, -0.25) is 4.79 Å². The Labute approximate surface area is 117 Å². The van der Waals surface area contributed by atoms with Crippen molar-refractivity contribution in [2.75, 3.05) is 6.54 Å². The Balaban J connectivity index is 2.48. The highest BCUT2D eigenvalue weighted by atomic mass is 35.5. The van der Waals surface area contributed by atoms with E-state index in [-0.39, 0.29) is 11.8 Å². The van der Waals surface area contributed by atoms with Crippen LogP contribution in [0.1, 0.15) is 45.4 Å². The second-order valence-electron chi connectivity index (χ2n) is 5.12. The molecule has 1 rings (SSSR count). The van der Waals surface area contributed by atoms with E-state index in [0.29, 0.717) is 32.2 Å². The summed E-state index contributed by atoms with van der Waals surface area (Å²) >= 11 is 5.90. The Kier molecular flexibility index (Phi) is 6.43. The molecule has 1 saturated carbocycles. The molecule has 0 aromatic heterocycles. The minimum absolute atomic E-state index is 0.0370. The van der Waals surface area contributed by atoms with E-state index in [1.165, 1.54) is 0 Å². The second kappa shape index (κ2) is 7.36. The second-order valence-corrected chi connectivity index (χ2v) is 5.74. The van der Waals surface area contributed by atoms with Gasteiger partial charge in [-0.25, -0.2) is 0 Å². The number of alkyl halides is 4. The molecule has 6 heteroatoms. The summed E-state index contributed by atoms with van der Waals surface area (Å²) in [5.41, 5.74) is 0. The summed E-state index contributed by atoms with van der Waals surface area (Å²) in [6.45, 7) is 2.28. The molecule has 1 N–H and O–H groups in total. The van der Waals surface area contributed by atoms with Crippen LogP contribution >= 0.6 is 11.6 Å². The van der Waals surface area contributed by atoms with Crippen LogP contribution in [0.2, 0.25) is 0 Å². The third-order valence-corrected chi connectivity index (χ3v) is 4.25. The first-order valence-electron chi connectivity index (χ1n) is 6.84. The van der Waals surface area contributed by atoms with Crippen molar-refractivity contribution in [3.63, 3.8) is 0 Å². The first-order valence-corrected chi connectivity index (χ1v) is 7.28. The molecule has 1 aliphatic rings. The molecule has 3 unspecified atom stereocenters. The highest BCUT2D eigenvalue weighted by molar-refractivity contribution is 6.20. The van der Waals surface area contributed by atoms with Gasteiger partial charge in [0.25, 0.3) is 0 Å². The zero-order valence-corrected chi connectivity index (χ0v) is 11.9. The van der Waals surface area contributed by atoms with Gasteiger partial charge in [0.1, 0.15) is 0 Å². The van der Waals surface area contributed by atoms with Crippen molar-refractivity contribution < 1.29 is 18.0 Å². The molecule has 2 nitrogen and oxygen atoms in total. The number of nitrogens with one attached hydrogen (secondary N) is 1. The number of halogens is 4. The molecule has 0 saturated heterocycles. The van der Waals surface area contributed by atoms with Crippen molar-refractivity contribution in [3.8, 4) is 0 Å². The van der Waals surface area contributed by atoms with Gasteiger partial charge in [-0.2, -0.15) is 13.2 Å². The minimum atomic E-state index is -4.28. The standard InChI is InChI=1S/C13H21ClF3NO/c1-2-9(14)7-8-18-12(19)10-5-3-4-6-11(10)13(15,16)17/h9-11H,2-8H2,1H3,(H,18,19). The Morgan fingerprint density at radius 2 is 2.00 bits per heavy atom. The number of rotatable bonds is 5. The van der Waals surface area contributed by atoms with Gasteiger partial charge in [0, 0.05) is 17.8 Å². The lowest BCUT2D eigenvalue weighted by molar-refractivity contribution is -0.198. The van der Waals surface area contributed by atoms with Crippen LogP contribution in [0, 0.1) is 11.8 Å². The van der Waals surface area contributed by atoms with Crippen LogP contribution < -0.4 is 5.32 Å². The summed E-state index contributed by atoms with van der Waals surface area (Å²) in [4.78, 5) is 11.9. The monoisotopic (exact) mass is 299 g/mol. The number of hydrogen-bond acceptors (Lipinski definition) is 1. The van der Waals surface area contributed by atoms with E-state index in [9.17, 15) is 18.0 Å². The first-order chi connectivity index (χ1) is 8.86. The third kappa shape index (κ3) is 5.21. The van der Waals surface area contributed by atoms with Gasteiger partial charge in [0.2, 0.25) is 5.91 Å². The molecule has 3 atom stereocenters. The fourth-order valence-electron chi connectivity index (χ4n) is 2.52. The third-order valence-electron chi connectivity index (χ3n) is 3.72. The fraction of sp³-hybridized carbons (Fsp3) is 0.923. The summed E-state index contributed by atoms with van der Waals surface area (Å²) in [5, 5.41) is 2.56. The largest absolute Gasteiger partial charge is 0.392 e. The molecule has 1 amide bonds. The van der Waals surface area contributed by atoms with E-state index >= 15 is 0 Å². The average molecular weight is 300 g/mol. The van der Waals surface area contributed by atoms with Crippen LogP contribution in [0.5, 0.6) is 0 Å². The lowest BCUT2D eigenvalue weighted by Crippen LogP contribution is -2.43. The van der Waals surface area contributed by atoms with Crippen molar-refractivity contribution in [1.29, 1.82) is 0 Å². The molecule has 1 fully saturated rings. The van der Waals surface area contributed by atoms with Crippen LogP contribution in [0.3, 0.4) is 0 Å². The molecular formula is C13H21ClF3NO. The molecule has 0 aromatic rings. The smallest absolute Gasteiger partial charge is 0.356 e. The van der Waals surface area contributed by atoms with Gasteiger partial charge in [0.05, 0.1) is 5.92 Å². The Hall–Kier alpha value is -0.450. The summed E-state index contributed by atoms with van der Waals surface area (Å²) in [7, 11) is 0. The lowest BCUT2D eigenvalue weighted by atomic mass is 9.78. The molecule has 0 radical (unpaired) electrons. The van der Waals surface area contributed by atoms with E-state index in [4.69, 9.17) is 11.6 Å². The normalized spacial score (nSPS) is 25.9. The number of amides is 1. The average Bonchev–Trinajstić information content (AvgIpc) is 2.37. The van der Waals surface area contributed by atoms with E-state index in [2.05, 4.69) is 5.32 Å². The zero-order chi connectivity index (χ0) is 14.5. The van der Waals surface area contributed by atoms with Crippen LogP contribution in [0.4, 0.5) is 13.2 Å². The highest BCUT2D eigenvalue weighted by Crippen LogP contribution is 2.41. The van der Waals surface area contributed by atoms with Crippen molar-refractivity contribution in [1.82, 2.24) is 5.32 Å². The predicted molar refractivity (Wildman–Crippen MR) is 69.1 cm³/mol. The van der Waals surface area contributed by atoms with Crippen LogP contribution in [0.15, 0.2) is 0 Å². The molecule has 0 bridgehead atoms. The van der Waals surface area contributed by atoms with Crippen molar-refractivity contribution >= 4 is 17.5 Å².